The van der Waals surface area contributed by atoms with Crippen LogP contribution in [0.4, 0.5) is 4.39 Å². The van der Waals surface area contributed by atoms with Crippen molar-refractivity contribution < 1.29 is 14.2 Å². The van der Waals surface area contributed by atoms with Crippen LogP contribution in [0, 0.1) is 17.7 Å². The maximum absolute atomic E-state index is 14.6. The average Bonchev–Trinajstić information content (AvgIpc) is 2.83. The predicted octanol–water partition coefficient (Wildman–Crippen LogP) is 5.63. The van der Waals surface area contributed by atoms with Crippen molar-refractivity contribution in [3.63, 3.8) is 0 Å². The Morgan fingerprint density at radius 1 is 1.22 bits per heavy atom. The van der Waals surface area contributed by atoms with Crippen LogP contribution < -0.4 is 4.74 Å². The van der Waals surface area contributed by atoms with Gasteiger partial charge in [0.05, 0.1) is 24.4 Å². The number of rotatable bonds is 5. The van der Waals surface area contributed by atoms with Gasteiger partial charge in [0.1, 0.15) is 11.6 Å². The van der Waals surface area contributed by atoms with Crippen molar-refractivity contribution in [3.05, 3.63) is 59.9 Å². The van der Waals surface area contributed by atoms with Gasteiger partial charge in [0.15, 0.2) is 0 Å². The van der Waals surface area contributed by atoms with Gasteiger partial charge in [-0.1, -0.05) is 25.5 Å². The molecule has 2 aromatic carbocycles. The SMILES string of the molecule is CC[C@H]1CN2CC[C@H]1C[C@H]2[C@H](O)c1cc(-c2ccccc2F)nc2ccc(OC)cc12.Cl. The molecule has 3 aromatic rings. The molecule has 170 valence electrons. The summed E-state index contributed by atoms with van der Waals surface area (Å²) in [5, 5.41) is 12.5. The highest BCUT2D eigenvalue weighted by Gasteiger charge is 2.42. The van der Waals surface area contributed by atoms with Crippen molar-refractivity contribution >= 4 is 23.3 Å². The molecule has 0 radical (unpaired) electrons. The lowest BCUT2D eigenvalue weighted by molar-refractivity contribution is -0.0562. The fourth-order valence-corrected chi connectivity index (χ4v) is 5.59. The van der Waals surface area contributed by atoms with Crippen LogP contribution in [0.1, 0.15) is 37.9 Å². The van der Waals surface area contributed by atoms with Gasteiger partial charge in [-0.15, -0.1) is 12.4 Å². The fraction of sp³-hybridized carbons (Fsp3) is 0.423. The summed E-state index contributed by atoms with van der Waals surface area (Å²) in [4.78, 5) is 7.18. The van der Waals surface area contributed by atoms with Crippen LogP contribution in [0.15, 0.2) is 48.5 Å². The minimum atomic E-state index is -0.663. The van der Waals surface area contributed by atoms with Gasteiger partial charge >= 0.3 is 0 Å². The molecule has 0 spiro atoms. The number of hydrogen-bond acceptors (Lipinski definition) is 4. The van der Waals surface area contributed by atoms with Gasteiger partial charge < -0.3 is 9.84 Å². The largest absolute Gasteiger partial charge is 0.497 e. The number of aliphatic hydroxyl groups excluding tert-OH is 1. The summed E-state index contributed by atoms with van der Waals surface area (Å²) in [6.45, 7) is 4.35. The highest BCUT2D eigenvalue weighted by atomic mass is 35.5. The molecule has 1 N–H and O–H groups in total. The number of piperidine rings is 3. The lowest BCUT2D eigenvalue weighted by Gasteiger charge is -2.51. The first kappa shape index (κ1) is 23.0. The number of methoxy groups -OCH3 is 1. The normalized spacial score (nSPS) is 25.4. The molecule has 4 nitrogen and oxygen atoms in total. The topological polar surface area (TPSA) is 45.6 Å². The highest BCUT2D eigenvalue weighted by molar-refractivity contribution is 5.87. The number of benzene rings is 2. The van der Waals surface area contributed by atoms with E-state index in [0.717, 1.165) is 47.6 Å². The number of aromatic nitrogens is 1. The van der Waals surface area contributed by atoms with Crippen molar-refractivity contribution in [1.29, 1.82) is 0 Å². The second-order valence-electron chi connectivity index (χ2n) is 8.92. The minimum absolute atomic E-state index is 0. The number of nitrogens with zero attached hydrogens (tertiary/aromatic N) is 2. The van der Waals surface area contributed by atoms with Gasteiger partial charge in [-0.05, 0) is 73.2 Å². The number of halogens is 2. The van der Waals surface area contributed by atoms with E-state index in [1.165, 1.54) is 18.9 Å². The standard InChI is InChI=1S/C26H29FN2O2.ClH/c1-3-16-15-29-11-10-17(16)12-25(29)26(30)21-14-24(19-6-4-5-7-22(19)27)28-23-9-8-18(31-2)13-20(21)23;/h4-9,13-14,16-17,25-26,30H,3,10-12,15H2,1-2H3;1H/t16-,17-,25-,26+;/m0./s1. The van der Waals surface area contributed by atoms with Crippen LogP contribution in [0.5, 0.6) is 5.75 Å². The van der Waals surface area contributed by atoms with E-state index in [-0.39, 0.29) is 24.3 Å². The molecule has 0 amide bonds. The molecule has 0 aliphatic carbocycles. The van der Waals surface area contributed by atoms with Crippen molar-refractivity contribution in [2.24, 2.45) is 11.8 Å². The molecular weight excluding hydrogens is 427 g/mol. The Bertz CT molecular complexity index is 1110. The lowest BCUT2D eigenvalue weighted by atomic mass is 9.72. The number of fused-ring (bicyclic) bond motifs is 4. The van der Waals surface area contributed by atoms with E-state index >= 15 is 0 Å². The third kappa shape index (κ3) is 3.98. The summed E-state index contributed by atoms with van der Waals surface area (Å²) >= 11 is 0. The Balaban J connectivity index is 0.00000245. The van der Waals surface area contributed by atoms with E-state index in [0.29, 0.717) is 17.2 Å². The highest BCUT2D eigenvalue weighted by Crippen LogP contribution is 2.43. The Kier molecular flexibility index (Phi) is 6.70. The summed E-state index contributed by atoms with van der Waals surface area (Å²) in [7, 11) is 1.63. The van der Waals surface area contributed by atoms with Crippen molar-refractivity contribution in [2.75, 3.05) is 20.2 Å². The fourth-order valence-electron chi connectivity index (χ4n) is 5.59. The molecule has 6 heteroatoms. The first-order chi connectivity index (χ1) is 15.1. The molecule has 4 heterocycles. The first-order valence-electron chi connectivity index (χ1n) is 11.2. The quantitative estimate of drug-likeness (QED) is 0.540. The van der Waals surface area contributed by atoms with Gasteiger partial charge in [-0.3, -0.25) is 4.90 Å². The Labute approximate surface area is 194 Å². The third-order valence-corrected chi connectivity index (χ3v) is 7.34. The van der Waals surface area contributed by atoms with E-state index in [2.05, 4.69) is 11.8 Å². The molecule has 5 atom stereocenters. The van der Waals surface area contributed by atoms with Gasteiger partial charge in [0.25, 0.3) is 0 Å². The number of ether oxygens (including phenoxy) is 1. The molecular formula is C26H30ClFN2O2. The number of hydrogen-bond donors (Lipinski definition) is 1. The number of pyridine rings is 1. The molecule has 3 saturated heterocycles. The second kappa shape index (κ2) is 9.34. The van der Waals surface area contributed by atoms with E-state index in [9.17, 15) is 9.50 Å². The van der Waals surface area contributed by atoms with Crippen LogP contribution in [0.3, 0.4) is 0 Å². The molecule has 3 aliphatic rings. The molecule has 3 aliphatic heterocycles. The third-order valence-electron chi connectivity index (χ3n) is 7.34. The van der Waals surface area contributed by atoms with E-state index in [1.54, 1.807) is 19.2 Å². The smallest absolute Gasteiger partial charge is 0.132 e. The summed E-state index contributed by atoms with van der Waals surface area (Å²) < 4.78 is 20.0. The van der Waals surface area contributed by atoms with Crippen molar-refractivity contribution in [1.82, 2.24) is 9.88 Å². The van der Waals surface area contributed by atoms with Gasteiger partial charge in [0.2, 0.25) is 0 Å². The molecule has 2 bridgehead atoms. The van der Waals surface area contributed by atoms with Crippen LogP contribution in [0.2, 0.25) is 0 Å². The van der Waals surface area contributed by atoms with E-state index < -0.39 is 6.10 Å². The van der Waals surface area contributed by atoms with E-state index in [1.807, 2.05) is 30.3 Å². The predicted molar refractivity (Wildman–Crippen MR) is 128 cm³/mol. The zero-order valence-corrected chi connectivity index (χ0v) is 19.3. The molecule has 1 unspecified atom stereocenters. The summed E-state index contributed by atoms with van der Waals surface area (Å²) in [5.74, 6) is 1.80. The summed E-state index contributed by atoms with van der Waals surface area (Å²) in [6.07, 6.45) is 2.75. The van der Waals surface area contributed by atoms with E-state index in [4.69, 9.17) is 9.72 Å². The zero-order valence-electron chi connectivity index (χ0n) is 18.5. The Morgan fingerprint density at radius 3 is 2.72 bits per heavy atom. The molecule has 1 aromatic heterocycles. The maximum atomic E-state index is 14.6. The van der Waals surface area contributed by atoms with Crippen molar-refractivity contribution in [3.8, 4) is 17.0 Å². The lowest BCUT2D eigenvalue weighted by Crippen LogP contribution is -2.55. The first-order valence-corrected chi connectivity index (χ1v) is 11.2. The molecule has 6 rings (SSSR count). The van der Waals surface area contributed by atoms with Crippen LogP contribution in [-0.4, -0.2) is 41.2 Å². The van der Waals surface area contributed by atoms with Crippen LogP contribution in [0.25, 0.3) is 22.2 Å². The average molecular weight is 457 g/mol. The van der Waals surface area contributed by atoms with Gasteiger partial charge in [0, 0.05) is 23.5 Å². The summed E-state index contributed by atoms with van der Waals surface area (Å²) in [6, 6.07) is 14.3. The molecule has 32 heavy (non-hydrogen) atoms. The minimum Gasteiger partial charge on any atom is -0.497 e. The maximum Gasteiger partial charge on any atom is 0.132 e. The molecule has 3 fully saturated rings. The van der Waals surface area contributed by atoms with Crippen molar-refractivity contribution in [2.45, 2.75) is 38.3 Å². The summed E-state index contributed by atoms with van der Waals surface area (Å²) in [5.41, 5.74) is 2.53. The molecule has 0 saturated carbocycles. The van der Waals surface area contributed by atoms with Gasteiger partial charge in [-0.25, -0.2) is 9.37 Å². The van der Waals surface area contributed by atoms with Crippen LogP contribution in [-0.2, 0) is 0 Å². The Morgan fingerprint density at radius 2 is 2.03 bits per heavy atom. The number of aliphatic hydroxyl groups is 1. The zero-order chi connectivity index (χ0) is 21.5. The Hall–Kier alpha value is -2.21. The van der Waals surface area contributed by atoms with Gasteiger partial charge in [-0.2, -0.15) is 0 Å². The van der Waals surface area contributed by atoms with Crippen LogP contribution >= 0.6 is 12.4 Å². The second-order valence-corrected chi connectivity index (χ2v) is 8.92. The monoisotopic (exact) mass is 456 g/mol.